The molecule has 0 aliphatic carbocycles. The number of phosphoric ester groups is 1. The largest absolute Gasteiger partial charge is 0.536 e. The first-order chi connectivity index (χ1) is 14.8. The van der Waals surface area contributed by atoms with Gasteiger partial charge in [-0.15, -0.1) is 0 Å². The monoisotopic (exact) mass is 543 g/mol. The van der Waals surface area contributed by atoms with Crippen LogP contribution in [0.5, 0.6) is 5.75 Å². The molecule has 2 rings (SSSR count). The molecule has 1 unspecified atom stereocenters. The highest BCUT2D eigenvalue weighted by Crippen LogP contribution is 2.57. The second kappa shape index (κ2) is 9.26. The van der Waals surface area contributed by atoms with Gasteiger partial charge >= 0.3 is 28.0 Å². The second-order valence-corrected chi connectivity index (χ2v) is 9.21. The van der Waals surface area contributed by atoms with Gasteiger partial charge in [-0.2, -0.15) is 30.7 Å². The second-order valence-electron chi connectivity index (χ2n) is 6.02. The fraction of sp³-hybridized carbons (Fsp3) is 0.133. The lowest BCUT2D eigenvalue weighted by atomic mass is 10.1. The van der Waals surface area contributed by atoms with Crippen LogP contribution in [-0.4, -0.2) is 20.6 Å². The third-order valence-corrected chi connectivity index (χ3v) is 5.79. The number of anilines is 1. The van der Waals surface area contributed by atoms with Crippen LogP contribution in [0, 0.1) is 0 Å². The molecule has 4 N–H and O–H groups in total. The first-order valence-electron chi connectivity index (χ1n) is 7.96. The summed E-state index contributed by atoms with van der Waals surface area (Å²) in [5.41, 5.74) is -5.21. The van der Waals surface area contributed by atoms with Gasteiger partial charge in [-0.25, -0.2) is 9.13 Å². The number of amides is 1. The number of rotatable bonds is 6. The highest BCUT2D eigenvalue weighted by atomic mass is 35.5. The van der Waals surface area contributed by atoms with Gasteiger partial charge in [-0.05, 0) is 36.4 Å². The van der Waals surface area contributed by atoms with E-state index in [1.165, 1.54) is 0 Å². The molecule has 0 aliphatic rings. The zero-order chi connectivity index (χ0) is 25.4. The Balaban J connectivity index is 2.46. The van der Waals surface area contributed by atoms with Gasteiger partial charge in [0.05, 0.1) is 16.7 Å². The van der Waals surface area contributed by atoms with E-state index in [1.807, 2.05) is 0 Å². The normalized spacial score (nSPS) is 14.5. The van der Waals surface area contributed by atoms with Gasteiger partial charge in [-0.3, -0.25) is 9.69 Å². The quantitative estimate of drug-likeness (QED) is 0.287. The Morgan fingerprint density at radius 1 is 0.909 bits per heavy atom. The van der Waals surface area contributed by atoms with Crippen molar-refractivity contribution in [1.82, 2.24) is 0 Å². The fourth-order valence-electron chi connectivity index (χ4n) is 2.26. The van der Waals surface area contributed by atoms with E-state index in [-0.39, 0.29) is 23.2 Å². The minimum Gasteiger partial charge on any atom is -0.403 e. The van der Waals surface area contributed by atoms with Crippen molar-refractivity contribution in [2.24, 2.45) is 0 Å². The van der Waals surface area contributed by atoms with E-state index in [4.69, 9.17) is 21.4 Å². The summed E-state index contributed by atoms with van der Waals surface area (Å²) in [4.78, 5) is 39.2. The lowest BCUT2D eigenvalue weighted by molar-refractivity contribution is -0.143. The molecule has 33 heavy (non-hydrogen) atoms. The first kappa shape index (κ1) is 27.1. The number of carbonyl (C=O) groups is 1. The molecule has 0 bridgehead atoms. The van der Waals surface area contributed by atoms with Crippen LogP contribution < -0.4 is 9.84 Å². The highest BCUT2D eigenvalue weighted by molar-refractivity contribution is 7.60. The van der Waals surface area contributed by atoms with E-state index in [1.54, 1.807) is 5.32 Å². The van der Waals surface area contributed by atoms with Crippen molar-refractivity contribution >= 4 is 38.8 Å². The summed E-state index contributed by atoms with van der Waals surface area (Å²) in [6.45, 7) is 0. The van der Waals surface area contributed by atoms with E-state index in [0.717, 1.165) is 18.2 Å². The third-order valence-electron chi connectivity index (χ3n) is 3.46. The number of hydrogen-bond donors (Lipinski definition) is 4. The summed E-state index contributed by atoms with van der Waals surface area (Å²) in [5.74, 6) is -2.34. The molecular weight excluding hydrogens is 534 g/mol. The van der Waals surface area contributed by atoms with E-state index in [2.05, 4.69) is 8.83 Å². The Bertz CT molecular complexity index is 1130. The fourth-order valence-corrected chi connectivity index (χ4v) is 4.05. The minimum atomic E-state index is -5.55. The number of hydrogen-bond acceptors (Lipinski definition) is 5. The van der Waals surface area contributed by atoms with Crippen LogP contribution in [0.25, 0.3) is 0 Å². The predicted molar refractivity (Wildman–Crippen MR) is 99.4 cm³/mol. The van der Waals surface area contributed by atoms with E-state index < -0.39 is 62.0 Å². The average molecular weight is 544 g/mol. The molecule has 0 fully saturated rings. The van der Waals surface area contributed by atoms with Gasteiger partial charge in [0.2, 0.25) is 0 Å². The molecule has 1 atom stereocenters. The van der Waals surface area contributed by atoms with Crippen molar-refractivity contribution < 1.29 is 63.8 Å². The van der Waals surface area contributed by atoms with E-state index in [9.17, 15) is 45.2 Å². The van der Waals surface area contributed by atoms with Gasteiger partial charge < -0.3 is 19.6 Å². The zero-order valence-corrected chi connectivity index (χ0v) is 17.9. The van der Waals surface area contributed by atoms with Gasteiger partial charge in [0, 0.05) is 10.7 Å². The van der Waals surface area contributed by atoms with Crippen molar-refractivity contribution in [1.29, 1.82) is 0 Å². The molecule has 182 valence electrons. The Hall–Kier alpha value is -2.12. The van der Waals surface area contributed by atoms with Crippen molar-refractivity contribution in [2.75, 3.05) is 5.32 Å². The summed E-state index contributed by atoms with van der Waals surface area (Å²) >= 11 is 5.69. The highest BCUT2D eigenvalue weighted by Gasteiger charge is 2.38. The minimum absolute atomic E-state index is 0.176. The van der Waals surface area contributed by atoms with Crippen molar-refractivity contribution in [3.05, 3.63) is 58.1 Å². The maximum absolute atomic E-state index is 13.0. The molecule has 0 radical (unpaired) electrons. The summed E-state index contributed by atoms with van der Waals surface area (Å²) in [6, 6.07) is 2.72. The predicted octanol–water partition coefficient (Wildman–Crippen LogP) is 5.22. The third kappa shape index (κ3) is 8.00. The van der Waals surface area contributed by atoms with E-state index in [0.29, 0.717) is 0 Å². The topological polar surface area (TPSA) is 142 Å². The van der Waals surface area contributed by atoms with Crippen molar-refractivity contribution in [3.8, 4) is 5.75 Å². The summed E-state index contributed by atoms with van der Waals surface area (Å²) in [6.07, 6.45) is -10.4. The Morgan fingerprint density at radius 2 is 1.42 bits per heavy atom. The molecule has 9 nitrogen and oxygen atoms in total. The van der Waals surface area contributed by atoms with E-state index >= 15 is 0 Å². The maximum Gasteiger partial charge on any atom is 0.536 e. The molecule has 0 saturated heterocycles. The Morgan fingerprint density at radius 3 is 1.88 bits per heavy atom. The molecule has 0 heterocycles. The SMILES string of the molecule is O=C(Nc1cc(C(F)(F)F)cc(C(F)(F)F)c1)c1cc(Cl)ccc1OP(=O)(O)OP(=O)(O)O. The molecule has 0 aromatic heterocycles. The molecule has 18 heteroatoms. The summed E-state index contributed by atoms with van der Waals surface area (Å²) in [5, 5.41) is 1.52. The summed E-state index contributed by atoms with van der Waals surface area (Å²) in [7, 11) is -11.1. The van der Waals surface area contributed by atoms with Gasteiger partial charge in [-0.1, -0.05) is 11.6 Å². The standard InChI is InChI=1S/C15H10ClF6NO8P2/c16-9-1-2-12(30-33(28,29)31-32(25,26)27)11(6-9)13(24)23-10-4-7(14(17,18)19)3-8(5-10)15(20,21)22/h1-6H,(H,23,24)(H,28,29)(H2,25,26,27). The number of halogens is 7. The molecular formula is C15H10ClF6NO8P2. The average Bonchev–Trinajstić information content (AvgIpc) is 2.59. The van der Waals surface area contributed by atoms with Crippen LogP contribution >= 0.6 is 27.2 Å². The van der Waals surface area contributed by atoms with Crippen LogP contribution in [0.2, 0.25) is 5.02 Å². The Labute approximate surface area is 184 Å². The molecule has 0 saturated carbocycles. The lowest BCUT2D eigenvalue weighted by Crippen LogP contribution is -2.16. The smallest absolute Gasteiger partial charge is 0.403 e. The number of nitrogens with one attached hydrogen (secondary N) is 1. The van der Waals surface area contributed by atoms with Crippen LogP contribution in [0.15, 0.2) is 36.4 Å². The van der Waals surface area contributed by atoms with Gasteiger partial charge in [0.15, 0.2) is 0 Å². The van der Waals surface area contributed by atoms with Crippen LogP contribution in [0.4, 0.5) is 32.0 Å². The number of carbonyl (C=O) groups excluding carboxylic acids is 1. The maximum atomic E-state index is 13.0. The van der Waals surface area contributed by atoms with Crippen LogP contribution in [0.3, 0.4) is 0 Å². The molecule has 2 aromatic carbocycles. The van der Waals surface area contributed by atoms with Crippen LogP contribution in [-0.2, 0) is 25.8 Å². The van der Waals surface area contributed by atoms with Gasteiger partial charge in [0.25, 0.3) is 5.91 Å². The first-order valence-corrected chi connectivity index (χ1v) is 11.4. The zero-order valence-electron chi connectivity index (χ0n) is 15.4. The van der Waals surface area contributed by atoms with Crippen LogP contribution in [0.1, 0.15) is 21.5 Å². The molecule has 0 aliphatic heterocycles. The molecule has 1 amide bonds. The summed E-state index contributed by atoms with van der Waals surface area (Å²) < 4.78 is 108. The Kier molecular flexibility index (Phi) is 7.61. The van der Waals surface area contributed by atoms with Crippen molar-refractivity contribution in [3.63, 3.8) is 0 Å². The number of alkyl halides is 6. The number of benzene rings is 2. The van der Waals surface area contributed by atoms with Crippen molar-refractivity contribution in [2.45, 2.75) is 12.4 Å². The lowest BCUT2D eigenvalue weighted by Gasteiger charge is -2.17. The van der Waals surface area contributed by atoms with Gasteiger partial charge in [0.1, 0.15) is 5.75 Å². The molecule has 2 aromatic rings. The number of phosphoric acid groups is 2. The molecule has 0 spiro atoms.